The van der Waals surface area contributed by atoms with Gasteiger partial charge in [0.2, 0.25) is 0 Å². The van der Waals surface area contributed by atoms with Gasteiger partial charge in [0.1, 0.15) is 0 Å². The molecule has 0 saturated carbocycles. The van der Waals surface area contributed by atoms with Crippen molar-refractivity contribution in [1.29, 1.82) is 0 Å². The minimum Gasteiger partial charge on any atom is -0.500 e. The van der Waals surface area contributed by atoms with Crippen LogP contribution in [0.2, 0.25) is 0 Å². The molecule has 31 heavy (non-hydrogen) atoms. The van der Waals surface area contributed by atoms with Crippen LogP contribution in [0.5, 0.6) is 0 Å². The standard InChI is InChI=1S/C23H16F6O2/c1-14-12-31-13-20(21(30)16-5-9-18(10-6-16)23(27,28)29)19(14)11-4-15-2-7-17(8-3-15)22(24,25)26/h2-3,5-10,13-14,19H,12H2,1H3/t14-,19+/m0/s1. The summed E-state index contributed by atoms with van der Waals surface area (Å²) in [6.45, 7) is 2.06. The van der Waals surface area contributed by atoms with E-state index in [0.29, 0.717) is 5.56 Å². The van der Waals surface area contributed by atoms with E-state index in [1.54, 1.807) is 6.92 Å². The molecule has 0 aliphatic carbocycles. The number of benzene rings is 2. The summed E-state index contributed by atoms with van der Waals surface area (Å²) in [5.74, 6) is 4.35. The second-order valence-corrected chi connectivity index (χ2v) is 7.11. The van der Waals surface area contributed by atoms with E-state index in [1.165, 1.54) is 18.4 Å². The predicted molar refractivity (Wildman–Crippen MR) is 101 cm³/mol. The van der Waals surface area contributed by atoms with E-state index in [2.05, 4.69) is 11.8 Å². The molecule has 0 amide bonds. The largest absolute Gasteiger partial charge is 0.500 e. The van der Waals surface area contributed by atoms with Gasteiger partial charge in [-0.3, -0.25) is 4.79 Å². The molecule has 0 radical (unpaired) electrons. The van der Waals surface area contributed by atoms with Crippen LogP contribution in [-0.2, 0) is 17.1 Å². The van der Waals surface area contributed by atoms with Gasteiger partial charge in [0.25, 0.3) is 0 Å². The van der Waals surface area contributed by atoms with Gasteiger partial charge in [0.05, 0.1) is 29.9 Å². The Kier molecular flexibility index (Phi) is 6.16. The molecule has 1 heterocycles. The monoisotopic (exact) mass is 438 g/mol. The molecule has 0 aromatic heterocycles. The van der Waals surface area contributed by atoms with Gasteiger partial charge in [-0.2, -0.15) is 26.3 Å². The summed E-state index contributed by atoms with van der Waals surface area (Å²) >= 11 is 0. The summed E-state index contributed by atoms with van der Waals surface area (Å²) in [5, 5.41) is 0. The lowest BCUT2D eigenvalue weighted by molar-refractivity contribution is -0.138. The zero-order valence-corrected chi connectivity index (χ0v) is 16.1. The van der Waals surface area contributed by atoms with E-state index >= 15 is 0 Å². The first kappa shape index (κ1) is 22.5. The Labute approximate surface area is 174 Å². The van der Waals surface area contributed by atoms with Crippen LogP contribution in [0.4, 0.5) is 26.3 Å². The zero-order chi connectivity index (χ0) is 22.8. The Balaban J connectivity index is 1.85. The third kappa shape index (κ3) is 5.29. The Morgan fingerprint density at radius 1 is 0.903 bits per heavy atom. The maximum absolute atomic E-state index is 12.9. The van der Waals surface area contributed by atoms with Gasteiger partial charge >= 0.3 is 12.4 Å². The number of ether oxygens (including phenoxy) is 1. The molecule has 8 heteroatoms. The number of halogens is 6. The average Bonchev–Trinajstić information content (AvgIpc) is 2.71. The fourth-order valence-electron chi connectivity index (χ4n) is 3.06. The lowest BCUT2D eigenvalue weighted by Crippen LogP contribution is -2.26. The molecule has 2 nitrogen and oxygen atoms in total. The molecule has 0 bridgehead atoms. The van der Waals surface area contributed by atoms with Gasteiger partial charge in [-0.25, -0.2) is 0 Å². The molecule has 0 spiro atoms. The highest BCUT2D eigenvalue weighted by Crippen LogP contribution is 2.32. The fourth-order valence-corrected chi connectivity index (χ4v) is 3.06. The van der Waals surface area contributed by atoms with Crippen LogP contribution < -0.4 is 0 Å². The number of allylic oxidation sites excluding steroid dienone is 1. The van der Waals surface area contributed by atoms with Crippen LogP contribution in [0.1, 0.15) is 34.0 Å². The van der Waals surface area contributed by atoms with E-state index in [4.69, 9.17) is 4.74 Å². The third-order valence-corrected chi connectivity index (χ3v) is 4.79. The molecule has 162 valence electrons. The van der Waals surface area contributed by atoms with Crippen LogP contribution >= 0.6 is 0 Å². The van der Waals surface area contributed by atoms with Crippen LogP contribution in [0.25, 0.3) is 0 Å². The maximum Gasteiger partial charge on any atom is 0.416 e. The summed E-state index contributed by atoms with van der Waals surface area (Å²) in [5.41, 5.74) is -1.09. The normalized spacial score (nSPS) is 19.0. The van der Waals surface area contributed by atoms with E-state index in [0.717, 1.165) is 36.4 Å². The molecule has 2 aromatic rings. The smallest absolute Gasteiger partial charge is 0.416 e. The number of hydrogen-bond acceptors (Lipinski definition) is 2. The molecule has 0 fully saturated rings. The number of carbonyl (C=O) groups is 1. The van der Waals surface area contributed by atoms with Crippen molar-refractivity contribution in [2.75, 3.05) is 6.61 Å². The lowest BCUT2D eigenvalue weighted by atomic mass is 9.83. The highest BCUT2D eigenvalue weighted by Gasteiger charge is 2.33. The van der Waals surface area contributed by atoms with E-state index in [-0.39, 0.29) is 23.7 Å². The molecule has 0 N–H and O–H groups in total. The van der Waals surface area contributed by atoms with Crippen LogP contribution in [0.3, 0.4) is 0 Å². The first-order valence-electron chi connectivity index (χ1n) is 9.19. The van der Waals surface area contributed by atoms with Crippen molar-refractivity contribution >= 4 is 5.78 Å². The molecule has 2 aromatic carbocycles. The van der Waals surface area contributed by atoms with Gasteiger partial charge in [-0.05, 0) is 36.4 Å². The maximum atomic E-state index is 12.9. The molecule has 2 atom stereocenters. The van der Waals surface area contributed by atoms with Crippen molar-refractivity contribution in [3.8, 4) is 11.8 Å². The Bertz CT molecular complexity index is 1040. The fraction of sp³-hybridized carbons (Fsp3) is 0.261. The van der Waals surface area contributed by atoms with Crippen LogP contribution in [-0.4, -0.2) is 12.4 Å². The molecular formula is C23H16F6O2. The van der Waals surface area contributed by atoms with E-state index in [9.17, 15) is 31.1 Å². The van der Waals surface area contributed by atoms with E-state index in [1.807, 2.05) is 0 Å². The molecule has 3 rings (SSSR count). The average molecular weight is 438 g/mol. The summed E-state index contributed by atoms with van der Waals surface area (Å²) in [6, 6.07) is 8.13. The predicted octanol–water partition coefficient (Wildman–Crippen LogP) is 6.13. The van der Waals surface area contributed by atoms with Gasteiger partial charge < -0.3 is 4.74 Å². The number of Topliss-reactive ketones (excluding diaryl/α,β-unsaturated/α-hetero) is 1. The molecular weight excluding hydrogens is 422 g/mol. The highest BCUT2D eigenvalue weighted by atomic mass is 19.4. The van der Waals surface area contributed by atoms with Gasteiger partial charge in [0, 0.05) is 22.6 Å². The molecule has 0 saturated heterocycles. The van der Waals surface area contributed by atoms with Crippen molar-refractivity contribution in [3.63, 3.8) is 0 Å². The number of alkyl halides is 6. The van der Waals surface area contributed by atoms with Gasteiger partial charge in [0.15, 0.2) is 5.78 Å². The van der Waals surface area contributed by atoms with Crippen LogP contribution in [0, 0.1) is 23.7 Å². The van der Waals surface area contributed by atoms with Crippen molar-refractivity contribution in [2.24, 2.45) is 11.8 Å². The number of hydrogen-bond donors (Lipinski definition) is 0. The number of ketones is 1. The number of carbonyl (C=O) groups excluding carboxylic acids is 1. The minimum atomic E-state index is -4.51. The second-order valence-electron chi connectivity index (χ2n) is 7.11. The lowest BCUT2D eigenvalue weighted by Gasteiger charge is -2.25. The SMILES string of the molecule is C[C@H]1COC=C(C(=O)c2ccc(C(F)(F)F)cc2)[C@@H]1C#Cc1ccc(C(F)(F)F)cc1. The Morgan fingerprint density at radius 2 is 1.42 bits per heavy atom. The van der Waals surface area contributed by atoms with Gasteiger partial charge in [-0.15, -0.1) is 0 Å². The molecule has 0 unspecified atom stereocenters. The summed E-state index contributed by atoms with van der Waals surface area (Å²) in [7, 11) is 0. The Morgan fingerprint density at radius 3 is 1.94 bits per heavy atom. The quantitative estimate of drug-likeness (QED) is 0.321. The zero-order valence-electron chi connectivity index (χ0n) is 16.1. The summed E-state index contributed by atoms with van der Waals surface area (Å²) in [4.78, 5) is 12.9. The minimum absolute atomic E-state index is 0.0540. The first-order chi connectivity index (χ1) is 14.5. The third-order valence-electron chi connectivity index (χ3n) is 4.79. The van der Waals surface area contributed by atoms with Crippen molar-refractivity contribution < 1.29 is 35.9 Å². The second kappa shape index (κ2) is 8.50. The first-order valence-corrected chi connectivity index (χ1v) is 9.19. The topological polar surface area (TPSA) is 26.3 Å². The summed E-state index contributed by atoms with van der Waals surface area (Å²) < 4.78 is 81.6. The van der Waals surface area contributed by atoms with Crippen molar-refractivity contribution in [1.82, 2.24) is 0 Å². The Hall–Kier alpha value is -3.21. The van der Waals surface area contributed by atoms with Crippen molar-refractivity contribution in [2.45, 2.75) is 19.3 Å². The van der Waals surface area contributed by atoms with Gasteiger partial charge in [-0.1, -0.05) is 30.9 Å². The molecule has 1 aliphatic heterocycles. The van der Waals surface area contributed by atoms with Crippen LogP contribution in [0.15, 0.2) is 60.4 Å². The number of rotatable bonds is 2. The summed E-state index contributed by atoms with van der Waals surface area (Å²) in [6.07, 6.45) is -7.73. The van der Waals surface area contributed by atoms with Crippen molar-refractivity contribution in [3.05, 3.63) is 82.6 Å². The molecule has 1 aliphatic rings. The highest BCUT2D eigenvalue weighted by molar-refractivity contribution is 6.09. The van der Waals surface area contributed by atoms with E-state index < -0.39 is 35.2 Å².